The number of carbonyl (C=O) groups is 1. The van der Waals surface area contributed by atoms with Crippen LogP contribution in [0.1, 0.15) is 27.9 Å². The molecule has 17 heavy (non-hydrogen) atoms. The van der Waals surface area contributed by atoms with E-state index < -0.39 is 0 Å². The second kappa shape index (κ2) is 4.85. The molecule has 0 aliphatic carbocycles. The predicted molar refractivity (Wildman–Crippen MR) is 67.6 cm³/mol. The molecule has 1 atom stereocenters. The van der Waals surface area contributed by atoms with Gasteiger partial charge in [0.1, 0.15) is 0 Å². The molecule has 2 rings (SSSR count). The molecule has 92 valence electrons. The fourth-order valence-electron chi connectivity index (χ4n) is 2.27. The van der Waals surface area contributed by atoms with Crippen molar-refractivity contribution in [1.82, 2.24) is 4.90 Å². The van der Waals surface area contributed by atoms with Crippen LogP contribution in [0.3, 0.4) is 0 Å². The first kappa shape index (κ1) is 12.1. The lowest BCUT2D eigenvalue weighted by molar-refractivity contribution is 0.1000. The van der Waals surface area contributed by atoms with Crippen LogP contribution in [0.15, 0.2) is 18.2 Å². The van der Waals surface area contributed by atoms with E-state index in [0.29, 0.717) is 11.6 Å². The zero-order valence-electron chi connectivity index (χ0n) is 10.1. The van der Waals surface area contributed by atoms with Crippen molar-refractivity contribution >= 4 is 5.91 Å². The number of likely N-dealkylation sites (tertiary alicyclic amines) is 1. The molecule has 1 saturated heterocycles. The summed E-state index contributed by atoms with van der Waals surface area (Å²) < 4.78 is 0. The summed E-state index contributed by atoms with van der Waals surface area (Å²) in [5, 5.41) is 0. The number of amides is 1. The first-order valence-corrected chi connectivity index (χ1v) is 5.93. The van der Waals surface area contributed by atoms with Crippen LogP contribution in [0.25, 0.3) is 0 Å². The van der Waals surface area contributed by atoms with E-state index in [4.69, 9.17) is 11.5 Å². The topological polar surface area (TPSA) is 72.4 Å². The molecule has 0 spiro atoms. The van der Waals surface area contributed by atoms with Gasteiger partial charge in [0.15, 0.2) is 0 Å². The zero-order valence-corrected chi connectivity index (χ0v) is 10.1. The SMILES string of the molecule is Cc1cc(C(N)=O)ccc1CN1CCC(N)C1. The molecular weight excluding hydrogens is 214 g/mol. The number of hydrogen-bond acceptors (Lipinski definition) is 3. The number of nitrogens with zero attached hydrogens (tertiary/aromatic N) is 1. The van der Waals surface area contributed by atoms with Crippen LogP contribution >= 0.6 is 0 Å². The summed E-state index contributed by atoms with van der Waals surface area (Å²) in [6, 6.07) is 5.94. The number of nitrogens with two attached hydrogens (primary N) is 2. The van der Waals surface area contributed by atoms with Crippen LogP contribution in [0.2, 0.25) is 0 Å². The average Bonchev–Trinajstić information content (AvgIpc) is 2.67. The van der Waals surface area contributed by atoms with Gasteiger partial charge in [0.05, 0.1) is 0 Å². The van der Waals surface area contributed by atoms with Crippen molar-refractivity contribution in [2.24, 2.45) is 11.5 Å². The van der Waals surface area contributed by atoms with E-state index in [9.17, 15) is 4.79 Å². The maximum absolute atomic E-state index is 11.0. The Morgan fingerprint density at radius 3 is 2.82 bits per heavy atom. The second-order valence-corrected chi connectivity index (χ2v) is 4.79. The summed E-state index contributed by atoms with van der Waals surface area (Å²) in [6.07, 6.45) is 1.07. The third-order valence-corrected chi connectivity index (χ3v) is 3.33. The molecule has 1 amide bonds. The molecule has 0 bridgehead atoms. The third-order valence-electron chi connectivity index (χ3n) is 3.33. The Kier molecular flexibility index (Phi) is 3.45. The van der Waals surface area contributed by atoms with Crippen molar-refractivity contribution in [3.05, 3.63) is 34.9 Å². The molecule has 0 radical (unpaired) electrons. The maximum Gasteiger partial charge on any atom is 0.248 e. The average molecular weight is 233 g/mol. The summed E-state index contributed by atoms with van der Waals surface area (Å²) >= 11 is 0. The van der Waals surface area contributed by atoms with Crippen molar-refractivity contribution < 1.29 is 4.79 Å². The van der Waals surface area contributed by atoms with Gasteiger partial charge in [-0.05, 0) is 36.6 Å². The highest BCUT2D eigenvalue weighted by Gasteiger charge is 2.19. The van der Waals surface area contributed by atoms with E-state index in [1.807, 2.05) is 19.1 Å². The Morgan fingerprint density at radius 1 is 1.53 bits per heavy atom. The molecule has 1 fully saturated rings. The highest BCUT2D eigenvalue weighted by atomic mass is 16.1. The maximum atomic E-state index is 11.0. The number of rotatable bonds is 3. The lowest BCUT2D eigenvalue weighted by atomic mass is 10.0. The Labute approximate surface area is 102 Å². The molecular formula is C13H19N3O. The molecule has 0 saturated carbocycles. The minimum absolute atomic E-state index is 0.306. The van der Waals surface area contributed by atoms with Crippen LogP contribution in [-0.2, 0) is 6.54 Å². The van der Waals surface area contributed by atoms with Crippen molar-refractivity contribution in [2.75, 3.05) is 13.1 Å². The van der Waals surface area contributed by atoms with Crippen molar-refractivity contribution in [1.29, 1.82) is 0 Å². The van der Waals surface area contributed by atoms with Gasteiger partial charge >= 0.3 is 0 Å². The van der Waals surface area contributed by atoms with Gasteiger partial charge in [-0.3, -0.25) is 9.69 Å². The van der Waals surface area contributed by atoms with E-state index in [1.54, 1.807) is 6.07 Å². The second-order valence-electron chi connectivity index (χ2n) is 4.79. The molecule has 4 N–H and O–H groups in total. The van der Waals surface area contributed by atoms with Gasteiger partial charge in [0, 0.05) is 31.2 Å². The zero-order chi connectivity index (χ0) is 12.4. The number of benzene rings is 1. The fraction of sp³-hybridized carbons (Fsp3) is 0.462. The van der Waals surface area contributed by atoms with Crippen LogP contribution in [0.4, 0.5) is 0 Å². The van der Waals surface area contributed by atoms with Gasteiger partial charge in [-0.15, -0.1) is 0 Å². The monoisotopic (exact) mass is 233 g/mol. The van der Waals surface area contributed by atoms with Gasteiger partial charge in [0.2, 0.25) is 5.91 Å². The van der Waals surface area contributed by atoms with E-state index in [0.717, 1.165) is 31.6 Å². The molecule has 1 heterocycles. The summed E-state index contributed by atoms with van der Waals surface area (Å²) in [4.78, 5) is 13.4. The van der Waals surface area contributed by atoms with Gasteiger partial charge in [-0.2, -0.15) is 0 Å². The summed E-state index contributed by atoms with van der Waals surface area (Å²) in [7, 11) is 0. The third kappa shape index (κ3) is 2.84. The summed E-state index contributed by atoms with van der Waals surface area (Å²) in [6.45, 7) is 4.92. The van der Waals surface area contributed by atoms with Crippen LogP contribution in [0.5, 0.6) is 0 Å². The highest BCUT2D eigenvalue weighted by molar-refractivity contribution is 5.93. The number of hydrogen-bond donors (Lipinski definition) is 2. The van der Waals surface area contributed by atoms with Crippen LogP contribution in [0, 0.1) is 6.92 Å². The fourth-order valence-corrected chi connectivity index (χ4v) is 2.27. The number of aryl methyl sites for hydroxylation is 1. The Morgan fingerprint density at radius 2 is 2.29 bits per heavy atom. The van der Waals surface area contributed by atoms with Crippen molar-refractivity contribution in [3.63, 3.8) is 0 Å². The first-order valence-electron chi connectivity index (χ1n) is 5.93. The van der Waals surface area contributed by atoms with Crippen molar-refractivity contribution in [3.8, 4) is 0 Å². The standard InChI is InChI=1S/C13H19N3O/c1-9-6-10(13(15)17)2-3-11(9)7-16-5-4-12(14)8-16/h2-3,6,12H,4-5,7-8,14H2,1H3,(H2,15,17). The van der Waals surface area contributed by atoms with Gasteiger partial charge in [-0.1, -0.05) is 6.07 Å². The predicted octanol–water partition coefficient (Wildman–Crippen LogP) is 0.627. The van der Waals surface area contributed by atoms with E-state index >= 15 is 0 Å². The largest absolute Gasteiger partial charge is 0.366 e. The minimum atomic E-state index is -0.372. The molecule has 1 unspecified atom stereocenters. The number of carbonyl (C=O) groups excluding carboxylic acids is 1. The Hall–Kier alpha value is -1.39. The molecule has 1 aromatic carbocycles. The summed E-state index contributed by atoms with van der Waals surface area (Å²) in [5.41, 5.74) is 14.1. The molecule has 0 aromatic heterocycles. The lowest BCUT2D eigenvalue weighted by Crippen LogP contribution is -2.26. The first-order chi connectivity index (χ1) is 8.06. The van der Waals surface area contributed by atoms with Gasteiger partial charge in [0.25, 0.3) is 0 Å². The van der Waals surface area contributed by atoms with Crippen LogP contribution in [-0.4, -0.2) is 29.9 Å². The quantitative estimate of drug-likeness (QED) is 0.804. The molecule has 1 aliphatic heterocycles. The van der Waals surface area contributed by atoms with E-state index in [1.165, 1.54) is 5.56 Å². The Balaban J connectivity index is 2.09. The normalized spacial score (nSPS) is 20.7. The molecule has 1 aromatic rings. The van der Waals surface area contributed by atoms with E-state index in [2.05, 4.69) is 4.90 Å². The van der Waals surface area contributed by atoms with Gasteiger partial charge in [-0.25, -0.2) is 0 Å². The smallest absolute Gasteiger partial charge is 0.248 e. The lowest BCUT2D eigenvalue weighted by Gasteiger charge is -2.17. The minimum Gasteiger partial charge on any atom is -0.366 e. The highest BCUT2D eigenvalue weighted by Crippen LogP contribution is 2.16. The molecule has 1 aliphatic rings. The summed E-state index contributed by atoms with van der Waals surface area (Å²) in [5.74, 6) is -0.372. The molecule has 4 nitrogen and oxygen atoms in total. The molecule has 4 heteroatoms. The number of primary amides is 1. The van der Waals surface area contributed by atoms with Crippen LogP contribution < -0.4 is 11.5 Å². The van der Waals surface area contributed by atoms with E-state index in [-0.39, 0.29) is 5.91 Å². The van der Waals surface area contributed by atoms with Crippen molar-refractivity contribution in [2.45, 2.75) is 25.9 Å². The Bertz CT molecular complexity index is 431. The van der Waals surface area contributed by atoms with Gasteiger partial charge < -0.3 is 11.5 Å².